The highest BCUT2D eigenvalue weighted by atomic mass is 35.5. The molecule has 0 aromatic heterocycles. The summed E-state index contributed by atoms with van der Waals surface area (Å²) in [6, 6.07) is 15.3. The van der Waals surface area contributed by atoms with Gasteiger partial charge in [0.25, 0.3) is 11.6 Å². The third-order valence-corrected chi connectivity index (χ3v) is 4.74. The quantitative estimate of drug-likeness (QED) is 0.339. The Morgan fingerprint density at radius 2 is 1.73 bits per heavy atom. The van der Waals surface area contributed by atoms with Crippen molar-refractivity contribution in [2.45, 2.75) is 6.92 Å². The van der Waals surface area contributed by atoms with Crippen LogP contribution in [-0.2, 0) is 0 Å². The van der Waals surface area contributed by atoms with Crippen molar-refractivity contribution in [3.8, 4) is 5.75 Å². The van der Waals surface area contributed by atoms with Gasteiger partial charge in [0.2, 0.25) is 0 Å². The van der Waals surface area contributed by atoms with Gasteiger partial charge >= 0.3 is 0 Å². The molecule has 8 heteroatoms. The fourth-order valence-electron chi connectivity index (χ4n) is 2.94. The van der Waals surface area contributed by atoms with E-state index in [0.29, 0.717) is 11.4 Å². The molecule has 30 heavy (non-hydrogen) atoms. The summed E-state index contributed by atoms with van der Waals surface area (Å²) in [7, 11) is 1.49. The van der Waals surface area contributed by atoms with Crippen LogP contribution in [-0.4, -0.2) is 23.7 Å². The number of nitrogens with zero attached hydrogens (tertiary/aromatic N) is 1. The van der Waals surface area contributed by atoms with Crippen molar-refractivity contribution in [2.24, 2.45) is 0 Å². The molecular weight excluding hydrogens is 408 g/mol. The minimum Gasteiger partial charge on any atom is -0.495 e. The van der Waals surface area contributed by atoms with E-state index in [9.17, 15) is 19.7 Å². The number of hydrogen-bond acceptors (Lipinski definition) is 5. The molecule has 1 amide bonds. The van der Waals surface area contributed by atoms with Crippen LogP contribution in [0.1, 0.15) is 31.8 Å². The van der Waals surface area contributed by atoms with Crippen LogP contribution in [0.2, 0.25) is 5.02 Å². The number of halogens is 1. The van der Waals surface area contributed by atoms with E-state index >= 15 is 0 Å². The number of aryl methyl sites for hydroxylation is 1. The molecule has 0 aliphatic heterocycles. The Morgan fingerprint density at radius 3 is 2.40 bits per heavy atom. The van der Waals surface area contributed by atoms with Gasteiger partial charge in [0, 0.05) is 17.2 Å². The van der Waals surface area contributed by atoms with E-state index in [1.54, 1.807) is 24.3 Å². The summed E-state index contributed by atoms with van der Waals surface area (Å²) in [4.78, 5) is 36.4. The van der Waals surface area contributed by atoms with Gasteiger partial charge in [0.15, 0.2) is 5.78 Å². The predicted octanol–water partition coefficient (Wildman–Crippen LogP) is 5.05. The van der Waals surface area contributed by atoms with Crippen molar-refractivity contribution >= 4 is 34.7 Å². The highest BCUT2D eigenvalue weighted by molar-refractivity contribution is 6.33. The molecule has 0 radical (unpaired) electrons. The number of nitro groups is 1. The Balaban J connectivity index is 1.98. The van der Waals surface area contributed by atoms with Gasteiger partial charge < -0.3 is 10.1 Å². The number of ketones is 1. The van der Waals surface area contributed by atoms with E-state index < -0.39 is 16.6 Å². The lowest BCUT2D eigenvalue weighted by Crippen LogP contribution is -2.17. The fourth-order valence-corrected chi connectivity index (χ4v) is 3.12. The molecular formula is C22H17ClN2O5. The Kier molecular flexibility index (Phi) is 6.13. The lowest BCUT2D eigenvalue weighted by Gasteiger charge is -2.13. The zero-order chi connectivity index (χ0) is 21.8. The summed E-state index contributed by atoms with van der Waals surface area (Å²) in [5.74, 6) is -0.561. The molecule has 0 saturated heterocycles. The molecule has 3 rings (SSSR count). The lowest BCUT2D eigenvalue weighted by molar-refractivity contribution is -0.384. The first-order valence-corrected chi connectivity index (χ1v) is 9.23. The van der Waals surface area contributed by atoms with Crippen molar-refractivity contribution < 1.29 is 19.2 Å². The smallest absolute Gasteiger partial charge is 0.288 e. The number of carbonyl (C=O) groups excluding carboxylic acids is 2. The number of hydrogen-bond donors (Lipinski definition) is 1. The van der Waals surface area contributed by atoms with E-state index in [-0.39, 0.29) is 27.4 Å². The van der Waals surface area contributed by atoms with Crippen LogP contribution in [0, 0.1) is 17.0 Å². The number of anilines is 1. The first kappa shape index (κ1) is 21.0. The first-order valence-electron chi connectivity index (χ1n) is 8.85. The Labute approximate surface area is 177 Å². The summed E-state index contributed by atoms with van der Waals surface area (Å²) in [6.45, 7) is 1.88. The molecule has 0 spiro atoms. The standard InChI is InChI=1S/C22H17ClN2O5/c1-13-7-10-20(30-2)18(11-13)24-22(27)16-6-4-3-5-15(16)21(26)14-8-9-17(23)19(12-14)25(28)29/h3-12H,1-2H3,(H,24,27). The second kappa shape index (κ2) is 8.75. The number of carbonyl (C=O) groups is 2. The predicted molar refractivity (Wildman–Crippen MR) is 114 cm³/mol. The Morgan fingerprint density at radius 1 is 1.03 bits per heavy atom. The normalized spacial score (nSPS) is 10.4. The van der Waals surface area contributed by atoms with Crippen molar-refractivity contribution in [2.75, 3.05) is 12.4 Å². The summed E-state index contributed by atoms with van der Waals surface area (Å²) in [5, 5.41) is 13.8. The monoisotopic (exact) mass is 424 g/mol. The fraction of sp³-hybridized carbons (Fsp3) is 0.0909. The summed E-state index contributed by atoms with van der Waals surface area (Å²) in [6.07, 6.45) is 0. The molecule has 7 nitrogen and oxygen atoms in total. The van der Waals surface area contributed by atoms with Crippen molar-refractivity contribution in [1.29, 1.82) is 0 Å². The van der Waals surface area contributed by atoms with Gasteiger partial charge in [-0.1, -0.05) is 35.9 Å². The maximum atomic E-state index is 13.0. The molecule has 0 heterocycles. The molecule has 0 unspecified atom stereocenters. The molecule has 0 bridgehead atoms. The Hall–Kier alpha value is -3.71. The highest BCUT2D eigenvalue weighted by Gasteiger charge is 2.22. The third-order valence-electron chi connectivity index (χ3n) is 4.42. The molecule has 0 aliphatic carbocycles. The zero-order valence-electron chi connectivity index (χ0n) is 16.1. The van der Waals surface area contributed by atoms with Crippen molar-refractivity contribution in [3.05, 3.63) is 98.1 Å². The van der Waals surface area contributed by atoms with Gasteiger partial charge in [-0.3, -0.25) is 19.7 Å². The molecule has 3 aromatic rings. The van der Waals surface area contributed by atoms with Gasteiger partial charge in [-0.15, -0.1) is 0 Å². The number of amides is 1. The number of methoxy groups -OCH3 is 1. The highest BCUT2D eigenvalue weighted by Crippen LogP contribution is 2.28. The van der Waals surface area contributed by atoms with Crippen LogP contribution in [0.25, 0.3) is 0 Å². The first-order chi connectivity index (χ1) is 14.3. The van der Waals surface area contributed by atoms with Crippen LogP contribution in [0.4, 0.5) is 11.4 Å². The van der Waals surface area contributed by atoms with Gasteiger partial charge in [0.1, 0.15) is 10.8 Å². The van der Waals surface area contributed by atoms with E-state index in [4.69, 9.17) is 16.3 Å². The summed E-state index contributed by atoms with van der Waals surface area (Å²) < 4.78 is 5.27. The molecule has 0 saturated carbocycles. The zero-order valence-corrected chi connectivity index (χ0v) is 16.9. The second-order valence-electron chi connectivity index (χ2n) is 6.46. The van der Waals surface area contributed by atoms with E-state index in [2.05, 4.69) is 5.32 Å². The largest absolute Gasteiger partial charge is 0.495 e. The number of nitrogens with one attached hydrogen (secondary N) is 1. The Bertz CT molecular complexity index is 1160. The van der Waals surface area contributed by atoms with Gasteiger partial charge in [-0.05, 0) is 42.8 Å². The molecule has 0 atom stereocenters. The lowest BCUT2D eigenvalue weighted by atomic mass is 9.97. The van der Waals surface area contributed by atoms with Crippen LogP contribution < -0.4 is 10.1 Å². The minimum atomic E-state index is -0.665. The van der Waals surface area contributed by atoms with Crippen LogP contribution >= 0.6 is 11.6 Å². The number of nitro benzene ring substituents is 1. The van der Waals surface area contributed by atoms with Crippen molar-refractivity contribution in [3.63, 3.8) is 0 Å². The van der Waals surface area contributed by atoms with Gasteiger partial charge in [0.05, 0.1) is 23.3 Å². The SMILES string of the molecule is COc1ccc(C)cc1NC(=O)c1ccccc1C(=O)c1ccc(Cl)c([N+](=O)[O-])c1. The van der Waals surface area contributed by atoms with E-state index in [1.165, 1.54) is 31.4 Å². The van der Waals surface area contributed by atoms with Crippen molar-refractivity contribution in [1.82, 2.24) is 0 Å². The second-order valence-corrected chi connectivity index (χ2v) is 6.86. The summed E-state index contributed by atoms with van der Waals surface area (Å²) in [5.41, 5.74) is 1.30. The van der Waals surface area contributed by atoms with Crippen LogP contribution in [0.15, 0.2) is 60.7 Å². The maximum absolute atomic E-state index is 13.0. The third kappa shape index (κ3) is 4.31. The molecule has 152 valence electrons. The van der Waals surface area contributed by atoms with E-state index in [0.717, 1.165) is 11.6 Å². The molecule has 0 fully saturated rings. The average molecular weight is 425 g/mol. The van der Waals surface area contributed by atoms with Gasteiger partial charge in [-0.2, -0.15) is 0 Å². The molecule has 3 aromatic carbocycles. The van der Waals surface area contributed by atoms with Gasteiger partial charge in [-0.25, -0.2) is 0 Å². The molecule has 0 aliphatic rings. The van der Waals surface area contributed by atoms with Crippen LogP contribution in [0.3, 0.4) is 0 Å². The maximum Gasteiger partial charge on any atom is 0.288 e. The minimum absolute atomic E-state index is 0.0551. The number of rotatable bonds is 6. The summed E-state index contributed by atoms with van der Waals surface area (Å²) >= 11 is 5.83. The topological polar surface area (TPSA) is 98.5 Å². The number of ether oxygens (including phenoxy) is 1. The molecule has 1 N–H and O–H groups in total. The average Bonchev–Trinajstić information content (AvgIpc) is 2.73. The van der Waals surface area contributed by atoms with E-state index in [1.807, 2.05) is 13.0 Å². The number of benzene rings is 3. The van der Waals surface area contributed by atoms with Crippen LogP contribution in [0.5, 0.6) is 5.75 Å².